The third-order valence-corrected chi connectivity index (χ3v) is 1.76. The van der Waals surface area contributed by atoms with E-state index in [0.717, 1.165) is 0 Å². The highest BCUT2D eigenvalue weighted by molar-refractivity contribution is 5.75. The molecule has 0 spiro atoms. The maximum Gasteiger partial charge on any atom is 0.322 e. The molecular weight excluding hydrogens is 230 g/mol. The minimum Gasteiger partial charge on any atom is -0.480 e. The summed E-state index contributed by atoms with van der Waals surface area (Å²) in [5.74, 6) is -2.21. The largest absolute Gasteiger partial charge is 0.480 e. The van der Waals surface area contributed by atoms with Crippen molar-refractivity contribution in [3.63, 3.8) is 0 Å². The summed E-state index contributed by atoms with van der Waals surface area (Å²) in [7, 11) is 0. The molecule has 0 unspecified atom stereocenters. The summed E-state index contributed by atoms with van der Waals surface area (Å²) in [6.07, 6.45) is 0.745. The van der Waals surface area contributed by atoms with E-state index in [0.29, 0.717) is 13.0 Å². The van der Waals surface area contributed by atoms with Crippen molar-refractivity contribution in [3.05, 3.63) is 0 Å². The molecule has 0 amide bonds. The maximum atomic E-state index is 10.8. The molecule has 0 aliphatic rings. The second kappa shape index (κ2) is 8.30. The number of aliphatic carboxylic acids is 2. The van der Waals surface area contributed by atoms with Crippen LogP contribution in [-0.2, 0) is 9.59 Å². The highest BCUT2D eigenvalue weighted by Gasteiger charge is 2.16. The van der Waals surface area contributed by atoms with Crippen molar-refractivity contribution in [2.75, 3.05) is 13.1 Å². The number of carboxylic acid groups (broad SMARTS) is 2. The molecule has 98 valence electrons. The molecule has 0 bridgehead atoms. The Hall–Kier alpha value is -1.87. The van der Waals surface area contributed by atoms with E-state index in [1.54, 1.807) is 0 Å². The van der Waals surface area contributed by atoms with Crippen molar-refractivity contribution in [1.82, 2.24) is 10.9 Å². The fourth-order valence-corrected chi connectivity index (χ4v) is 1.01. The lowest BCUT2D eigenvalue weighted by Gasteiger charge is -2.13. The van der Waals surface area contributed by atoms with Crippen molar-refractivity contribution in [1.29, 1.82) is 0 Å². The summed E-state index contributed by atoms with van der Waals surface area (Å²) in [4.78, 5) is 24.7. The number of hydrogen-bond donors (Lipinski definition) is 6. The Morgan fingerprint density at radius 2 is 1.94 bits per heavy atom. The van der Waals surface area contributed by atoms with Gasteiger partial charge in [0.25, 0.3) is 0 Å². The lowest BCUT2D eigenvalue weighted by Crippen LogP contribution is -2.47. The van der Waals surface area contributed by atoms with E-state index in [9.17, 15) is 9.59 Å². The highest BCUT2D eigenvalue weighted by Crippen LogP contribution is 1.97. The fourth-order valence-electron chi connectivity index (χ4n) is 1.01. The zero-order chi connectivity index (χ0) is 13.3. The van der Waals surface area contributed by atoms with Gasteiger partial charge in [-0.3, -0.25) is 14.6 Å². The third-order valence-electron chi connectivity index (χ3n) is 1.76. The molecular formula is C8H17N5O4. The molecule has 0 heterocycles. The summed E-state index contributed by atoms with van der Waals surface area (Å²) in [5.41, 5.74) is 14.9. The Morgan fingerprint density at radius 1 is 1.29 bits per heavy atom. The molecule has 0 aromatic rings. The standard InChI is InChI=1S/C8H17N5O4/c9-8(10)11-3-1-2-5(7(16)17)13-12-4-6(14)15/h5,12-13H,1-4H2,(H,14,15)(H,16,17)(H4,9,10,11)/t5-/m0/s1. The quantitative estimate of drug-likeness (QED) is 0.114. The smallest absolute Gasteiger partial charge is 0.322 e. The van der Waals surface area contributed by atoms with E-state index in [1.165, 1.54) is 0 Å². The number of nitrogens with zero attached hydrogens (tertiary/aromatic N) is 1. The average Bonchev–Trinajstić information content (AvgIpc) is 2.20. The summed E-state index contributed by atoms with van der Waals surface area (Å²) in [5, 5.41) is 17.2. The molecule has 0 rings (SSSR count). The molecule has 0 aliphatic heterocycles. The second-order valence-corrected chi connectivity index (χ2v) is 3.23. The van der Waals surface area contributed by atoms with E-state index < -0.39 is 18.0 Å². The van der Waals surface area contributed by atoms with Gasteiger partial charge in [-0.25, -0.2) is 10.9 Å². The topological polar surface area (TPSA) is 163 Å². The molecule has 0 radical (unpaired) electrons. The SMILES string of the molecule is NC(N)=NCCC[C@H](NNCC(=O)O)C(=O)O. The Morgan fingerprint density at radius 3 is 2.41 bits per heavy atom. The zero-order valence-corrected chi connectivity index (χ0v) is 9.22. The van der Waals surface area contributed by atoms with Gasteiger partial charge in [-0.15, -0.1) is 0 Å². The number of rotatable bonds is 9. The van der Waals surface area contributed by atoms with Crippen molar-refractivity contribution >= 4 is 17.9 Å². The Bertz CT molecular complexity index is 290. The van der Waals surface area contributed by atoms with Crippen molar-refractivity contribution in [2.45, 2.75) is 18.9 Å². The van der Waals surface area contributed by atoms with Crippen molar-refractivity contribution in [2.24, 2.45) is 16.5 Å². The molecule has 9 heteroatoms. The van der Waals surface area contributed by atoms with E-state index >= 15 is 0 Å². The summed E-state index contributed by atoms with van der Waals surface area (Å²) >= 11 is 0. The molecule has 0 fully saturated rings. The van der Waals surface area contributed by atoms with E-state index in [-0.39, 0.29) is 18.9 Å². The van der Waals surface area contributed by atoms with Gasteiger partial charge in [-0.05, 0) is 12.8 Å². The first-order valence-electron chi connectivity index (χ1n) is 4.92. The van der Waals surface area contributed by atoms with Crippen LogP contribution in [0.25, 0.3) is 0 Å². The van der Waals surface area contributed by atoms with Crippen LogP contribution in [0.1, 0.15) is 12.8 Å². The van der Waals surface area contributed by atoms with Gasteiger partial charge in [-0.1, -0.05) is 0 Å². The van der Waals surface area contributed by atoms with Gasteiger partial charge < -0.3 is 21.7 Å². The first-order valence-corrected chi connectivity index (χ1v) is 4.92. The lowest BCUT2D eigenvalue weighted by atomic mass is 10.2. The molecule has 0 aromatic carbocycles. The molecule has 8 N–H and O–H groups in total. The van der Waals surface area contributed by atoms with E-state index in [1.807, 2.05) is 0 Å². The third kappa shape index (κ3) is 9.08. The van der Waals surface area contributed by atoms with E-state index in [2.05, 4.69) is 15.8 Å². The van der Waals surface area contributed by atoms with Gasteiger partial charge >= 0.3 is 11.9 Å². The van der Waals surface area contributed by atoms with Gasteiger partial charge in [0.15, 0.2) is 5.96 Å². The monoisotopic (exact) mass is 247 g/mol. The van der Waals surface area contributed by atoms with Crippen LogP contribution in [0.3, 0.4) is 0 Å². The Kier molecular flexibility index (Phi) is 7.39. The number of hydrogen-bond acceptors (Lipinski definition) is 5. The maximum absolute atomic E-state index is 10.8. The van der Waals surface area contributed by atoms with Crippen molar-refractivity contribution < 1.29 is 19.8 Å². The number of carbonyl (C=O) groups is 2. The van der Waals surface area contributed by atoms with Crippen LogP contribution in [0.4, 0.5) is 0 Å². The minimum absolute atomic E-state index is 0.0474. The minimum atomic E-state index is -1.08. The Balaban J connectivity index is 3.87. The average molecular weight is 247 g/mol. The molecule has 1 atom stereocenters. The van der Waals surface area contributed by atoms with Crippen LogP contribution in [-0.4, -0.2) is 47.2 Å². The number of carboxylic acids is 2. The van der Waals surface area contributed by atoms with Crippen molar-refractivity contribution in [3.8, 4) is 0 Å². The zero-order valence-electron chi connectivity index (χ0n) is 9.22. The molecule has 0 saturated heterocycles. The normalized spacial score (nSPS) is 11.8. The van der Waals surface area contributed by atoms with Crippen LogP contribution in [0.5, 0.6) is 0 Å². The van der Waals surface area contributed by atoms with Crippen LogP contribution in [0.2, 0.25) is 0 Å². The lowest BCUT2D eigenvalue weighted by molar-refractivity contribution is -0.141. The fraction of sp³-hybridized carbons (Fsp3) is 0.625. The molecule has 0 saturated carbocycles. The number of aliphatic imine (C=N–C) groups is 1. The van der Waals surface area contributed by atoms with Crippen LogP contribution < -0.4 is 22.3 Å². The van der Waals surface area contributed by atoms with Gasteiger partial charge in [-0.2, -0.15) is 0 Å². The Labute approximate surface area is 97.9 Å². The molecule has 9 nitrogen and oxygen atoms in total. The van der Waals surface area contributed by atoms with Gasteiger partial charge in [0.1, 0.15) is 12.6 Å². The molecule has 0 aliphatic carbocycles. The van der Waals surface area contributed by atoms with Gasteiger partial charge in [0, 0.05) is 6.54 Å². The molecule has 0 aromatic heterocycles. The van der Waals surface area contributed by atoms with E-state index in [4.69, 9.17) is 21.7 Å². The predicted octanol–water partition coefficient (Wildman–Crippen LogP) is -2.33. The second-order valence-electron chi connectivity index (χ2n) is 3.23. The number of nitrogens with two attached hydrogens (primary N) is 2. The predicted molar refractivity (Wildman–Crippen MR) is 60.1 cm³/mol. The first kappa shape index (κ1) is 15.1. The summed E-state index contributed by atoms with van der Waals surface area (Å²) in [6.45, 7) is -0.0373. The van der Waals surface area contributed by atoms with Gasteiger partial charge in [0.2, 0.25) is 0 Å². The van der Waals surface area contributed by atoms with Crippen LogP contribution in [0, 0.1) is 0 Å². The number of guanidine groups is 1. The summed E-state index contributed by atoms with van der Waals surface area (Å²) in [6, 6.07) is -0.886. The van der Waals surface area contributed by atoms with Gasteiger partial charge in [0.05, 0.1) is 0 Å². The van der Waals surface area contributed by atoms with Crippen LogP contribution in [0.15, 0.2) is 4.99 Å². The van der Waals surface area contributed by atoms with Crippen LogP contribution >= 0.6 is 0 Å². The highest BCUT2D eigenvalue weighted by atomic mass is 16.4. The number of nitrogens with one attached hydrogen (secondary N) is 2. The number of hydrazine groups is 1. The summed E-state index contributed by atoms with van der Waals surface area (Å²) < 4.78 is 0. The molecule has 17 heavy (non-hydrogen) atoms. The first-order chi connectivity index (χ1) is 7.93.